The minimum absolute atomic E-state index is 0.350. The average molecular weight is 259 g/mol. The third-order valence-electron chi connectivity index (χ3n) is 4.81. The molecule has 0 atom stereocenters. The van der Waals surface area contributed by atoms with Gasteiger partial charge in [0.2, 0.25) is 0 Å². The summed E-state index contributed by atoms with van der Waals surface area (Å²) < 4.78 is 5.49. The van der Waals surface area contributed by atoms with Gasteiger partial charge in [0, 0.05) is 18.0 Å². The topological polar surface area (TPSA) is 21.3 Å². The van der Waals surface area contributed by atoms with Gasteiger partial charge in [-0.15, -0.1) is 0 Å². The highest BCUT2D eigenvalue weighted by Gasteiger charge is 2.44. The first-order valence-electron chi connectivity index (χ1n) is 7.51. The third-order valence-corrected chi connectivity index (χ3v) is 4.81. The molecular weight excluding hydrogens is 234 g/mol. The standard InChI is InChI=1S/C17H25NO/c1-12-9-17(10-12,11-18-15-6-7-15)14-5-4-13(2)16(8-14)19-3/h4-5,8,12,15,18H,6-7,9-11H2,1-3H3. The molecule has 0 heterocycles. The van der Waals surface area contributed by atoms with E-state index in [1.54, 1.807) is 7.11 Å². The third kappa shape index (κ3) is 2.51. The lowest BCUT2D eigenvalue weighted by Crippen LogP contribution is -2.48. The zero-order chi connectivity index (χ0) is 13.5. The SMILES string of the molecule is COc1cc(C2(CNC3CC3)CC(C)C2)ccc1C. The van der Waals surface area contributed by atoms with Gasteiger partial charge in [-0.1, -0.05) is 19.1 Å². The molecule has 0 aromatic heterocycles. The lowest BCUT2D eigenvalue weighted by atomic mass is 9.59. The Morgan fingerprint density at radius 3 is 2.63 bits per heavy atom. The van der Waals surface area contributed by atoms with Crippen LogP contribution in [-0.4, -0.2) is 19.7 Å². The summed E-state index contributed by atoms with van der Waals surface area (Å²) in [6, 6.07) is 7.56. The van der Waals surface area contributed by atoms with Crippen molar-refractivity contribution in [3.05, 3.63) is 29.3 Å². The van der Waals surface area contributed by atoms with Gasteiger partial charge in [-0.05, 0) is 55.7 Å². The maximum absolute atomic E-state index is 5.49. The average Bonchev–Trinajstić information content (AvgIpc) is 3.18. The number of ether oxygens (including phenoxy) is 1. The number of nitrogens with one attached hydrogen (secondary N) is 1. The van der Waals surface area contributed by atoms with Crippen LogP contribution in [0.4, 0.5) is 0 Å². The van der Waals surface area contributed by atoms with Crippen molar-refractivity contribution in [2.75, 3.05) is 13.7 Å². The Morgan fingerprint density at radius 1 is 1.32 bits per heavy atom. The van der Waals surface area contributed by atoms with E-state index in [4.69, 9.17) is 4.74 Å². The van der Waals surface area contributed by atoms with Crippen molar-refractivity contribution >= 4 is 0 Å². The quantitative estimate of drug-likeness (QED) is 0.875. The maximum Gasteiger partial charge on any atom is 0.122 e. The van der Waals surface area contributed by atoms with Crippen LogP contribution in [0, 0.1) is 12.8 Å². The molecule has 0 unspecified atom stereocenters. The van der Waals surface area contributed by atoms with Crippen LogP contribution in [0.1, 0.15) is 43.7 Å². The van der Waals surface area contributed by atoms with Crippen molar-refractivity contribution in [1.29, 1.82) is 0 Å². The molecule has 0 amide bonds. The molecule has 1 N–H and O–H groups in total. The van der Waals surface area contributed by atoms with Crippen LogP contribution in [-0.2, 0) is 5.41 Å². The van der Waals surface area contributed by atoms with Gasteiger partial charge in [0.15, 0.2) is 0 Å². The summed E-state index contributed by atoms with van der Waals surface area (Å²) in [4.78, 5) is 0. The van der Waals surface area contributed by atoms with Crippen molar-refractivity contribution < 1.29 is 4.74 Å². The molecule has 2 aliphatic carbocycles. The monoisotopic (exact) mass is 259 g/mol. The van der Waals surface area contributed by atoms with Gasteiger partial charge in [-0.25, -0.2) is 0 Å². The predicted octanol–water partition coefficient (Wildman–Crippen LogP) is 3.42. The Balaban J connectivity index is 1.82. The molecule has 0 bridgehead atoms. The van der Waals surface area contributed by atoms with Crippen molar-refractivity contribution in [2.24, 2.45) is 5.92 Å². The molecule has 1 aromatic rings. The molecule has 1 aromatic carbocycles. The zero-order valence-corrected chi connectivity index (χ0v) is 12.3. The summed E-state index contributed by atoms with van der Waals surface area (Å²) in [7, 11) is 1.77. The van der Waals surface area contributed by atoms with Crippen molar-refractivity contribution in [2.45, 2.75) is 51.0 Å². The fourth-order valence-corrected chi connectivity index (χ4v) is 3.53. The van der Waals surface area contributed by atoms with Crippen LogP contribution in [0.15, 0.2) is 18.2 Å². The molecule has 0 aliphatic heterocycles. The lowest BCUT2D eigenvalue weighted by molar-refractivity contribution is 0.151. The van der Waals surface area contributed by atoms with Crippen LogP contribution in [0.2, 0.25) is 0 Å². The van der Waals surface area contributed by atoms with E-state index in [1.165, 1.54) is 36.8 Å². The molecule has 104 valence electrons. The van der Waals surface area contributed by atoms with Crippen LogP contribution >= 0.6 is 0 Å². The highest BCUT2D eigenvalue weighted by molar-refractivity contribution is 5.41. The first-order chi connectivity index (χ1) is 9.13. The maximum atomic E-state index is 5.49. The highest BCUT2D eigenvalue weighted by atomic mass is 16.5. The van der Waals surface area contributed by atoms with Crippen LogP contribution in [0.25, 0.3) is 0 Å². The van der Waals surface area contributed by atoms with Gasteiger partial charge in [0.05, 0.1) is 7.11 Å². The molecule has 2 nitrogen and oxygen atoms in total. The summed E-state index contributed by atoms with van der Waals surface area (Å²) in [6.07, 6.45) is 5.34. The summed E-state index contributed by atoms with van der Waals surface area (Å²) in [5, 5.41) is 3.73. The van der Waals surface area contributed by atoms with Crippen molar-refractivity contribution in [3.63, 3.8) is 0 Å². The Bertz CT molecular complexity index is 458. The Kier molecular flexibility index (Phi) is 3.30. The van der Waals surface area contributed by atoms with Crippen LogP contribution < -0.4 is 10.1 Å². The molecule has 0 saturated heterocycles. The first kappa shape index (κ1) is 13.0. The second-order valence-corrected chi connectivity index (χ2v) is 6.63. The van der Waals surface area contributed by atoms with E-state index >= 15 is 0 Å². The number of hydrogen-bond donors (Lipinski definition) is 1. The summed E-state index contributed by atoms with van der Waals surface area (Å²) in [5.41, 5.74) is 3.04. The van der Waals surface area contributed by atoms with Gasteiger partial charge in [-0.2, -0.15) is 0 Å². The molecule has 2 fully saturated rings. The minimum atomic E-state index is 0.350. The fraction of sp³-hybridized carbons (Fsp3) is 0.647. The Morgan fingerprint density at radius 2 is 2.05 bits per heavy atom. The summed E-state index contributed by atoms with van der Waals surface area (Å²) in [5.74, 6) is 1.89. The van der Waals surface area contributed by atoms with E-state index in [9.17, 15) is 0 Å². The van der Waals surface area contributed by atoms with Crippen molar-refractivity contribution in [1.82, 2.24) is 5.32 Å². The second-order valence-electron chi connectivity index (χ2n) is 6.63. The molecular formula is C17H25NO. The molecule has 0 radical (unpaired) electrons. The molecule has 0 spiro atoms. The van der Waals surface area contributed by atoms with Crippen molar-refractivity contribution in [3.8, 4) is 5.75 Å². The normalized spacial score (nSPS) is 29.9. The largest absolute Gasteiger partial charge is 0.496 e. The number of hydrogen-bond acceptors (Lipinski definition) is 2. The van der Waals surface area contributed by atoms with E-state index in [2.05, 4.69) is 37.4 Å². The zero-order valence-electron chi connectivity index (χ0n) is 12.3. The van der Waals surface area contributed by atoms with Crippen LogP contribution in [0.5, 0.6) is 5.75 Å². The lowest BCUT2D eigenvalue weighted by Gasteiger charge is -2.47. The van der Waals surface area contributed by atoms with E-state index < -0.39 is 0 Å². The van der Waals surface area contributed by atoms with E-state index in [0.29, 0.717) is 5.41 Å². The Labute approximate surface area is 116 Å². The molecule has 19 heavy (non-hydrogen) atoms. The molecule has 2 aliphatic rings. The van der Waals surface area contributed by atoms with E-state index in [1.807, 2.05) is 0 Å². The fourth-order valence-electron chi connectivity index (χ4n) is 3.53. The molecule has 2 heteroatoms. The number of benzene rings is 1. The van der Waals surface area contributed by atoms with E-state index in [0.717, 1.165) is 24.3 Å². The molecule has 2 saturated carbocycles. The second kappa shape index (κ2) is 4.82. The highest BCUT2D eigenvalue weighted by Crippen LogP contribution is 2.48. The van der Waals surface area contributed by atoms with Gasteiger partial charge in [0.1, 0.15) is 5.75 Å². The van der Waals surface area contributed by atoms with Gasteiger partial charge < -0.3 is 10.1 Å². The smallest absolute Gasteiger partial charge is 0.122 e. The van der Waals surface area contributed by atoms with E-state index in [-0.39, 0.29) is 0 Å². The molecule has 3 rings (SSSR count). The van der Waals surface area contributed by atoms with Gasteiger partial charge in [-0.3, -0.25) is 0 Å². The van der Waals surface area contributed by atoms with Gasteiger partial charge in [0.25, 0.3) is 0 Å². The summed E-state index contributed by atoms with van der Waals surface area (Å²) >= 11 is 0. The number of aryl methyl sites for hydroxylation is 1. The number of rotatable bonds is 5. The van der Waals surface area contributed by atoms with Crippen LogP contribution in [0.3, 0.4) is 0 Å². The predicted molar refractivity (Wildman–Crippen MR) is 78.8 cm³/mol. The summed E-state index contributed by atoms with van der Waals surface area (Å²) in [6.45, 7) is 5.61. The minimum Gasteiger partial charge on any atom is -0.496 e. The first-order valence-corrected chi connectivity index (χ1v) is 7.51. The number of methoxy groups -OCH3 is 1. The Hall–Kier alpha value is -1.02. The van der Waals surface area contributed by atoms with Gasteiger partial charge >= 0.3 is 0 Å².